The second-order valence-electron chi connectivity index (χ2n) is 5.53. The average Bonchev–Trinajstić information content (AvgIpc) is 3.07. The number of aromatic nitrogens is 2. The van der Waals surface area contributed by atoms with Gasteiger partial charge < -0.3 is 19.7 Å². The number of carbonyl (C=O) groups excluding carboxylic acids is 1. The molecule has 2 N–H and O–H groups in total. The quantitative estimate of drug-likeness (QED) is 0.755. The summed E-state index contributed by atoms with van der Waals surface area (Å²) in [7, 11) is 0. The summed E-state index contributed by atoms with van der Waals surface area (Å²) in [6.45, 7) is 1.47. The molecule has 1 amide bonds. The second-order valence-corrected chi connectivity index (χ2v) is 5.53. The van der Waals surface area contributed by atoms with Crippen molar-refractivity contribution in [2.24, 2.45) is 5.92 Å². The lowest BCUT2D eigenvalue weighted by molar-refractivity contribution is 0.106. The van der Waals surface area contributed by atoms with E-state index in [-0.39, 0.29) is 31.4 Å². The van der Waals surface area contributed by atoms with E-state index in [0.29, 0.717) is 0 Å². The van der Waals surface area contributed by atoms with E-state index in [1.807, 2.05) is 30.3 Å². The summed E-state index contributed by atoms with van der Waals surface area (Å²) in [5, 5.41) is 15.4. The van der Waals surface area contributed by atoms with Crippen LogP contribution in [0.1, 0.15) is 30.6 Å². The number of nitrogens with one attached hydrogen (secondary N) is 1. The molecule has 0 saturated heterocycles. The summed E-state index contributed by atoms with van der Waals surface area (Å²) >= 11 is 0. The molecule has 0 fully saturated rings. The third-order valence-electron chi connectivity index (χ3n) is 3.57. The van der Waals surface area contributed by atoms with Gasteiger partial charge in [-0.3, -0.25) is 0 Å². The Morgan fingerprint density at radius 3 is 2.68 bits per heavy atom. The van der Waals surface area contributed by atoms with Gasteiger partial charge in [0, 0.05) is 6.42 Å². The Labute approximate surface area is 143 Å². The van der Waals surface area contributed by atoms with Gasteiger partial charge in [0.15, 0.2) is 5.82 Å². The minimum Gasteiger partial charge on any atom is -0.445 e. The van der Waals surface area contributed by atoms with Crippen LogP contribution in [-0.2, 0) is 17.8 Å². The van der Waals surface area contributed by atoms with Gasteiger partial charge in [0.05, 0.1) is 12.6 Å². The number of aliphatic hydroxyl groups is 1. The third-order valence-corrected chi connectivity index (χ3v) is 3.57. The molecule has 0 bridgehead atoms. The van der Waals surface area contributed by atoms with E-state index in [2.05, 4.69) is 20.0 Å². The van der Waals surface area contributed by atoms with Gasteiger partial charge in [-0.2, -0.15) is 13.8 Å². The largest absolute Gasteiger partial charge is 0.445 e. The van der Waals surface area contributed by atoms with Crippen molar-refractivity contribution in [3.8, 4) is 0 Å². The van der Waals surface area contributed by atoms with E-state index in [4.69, 9.17) is 4.74 Å². The van der Waals surface area contributed by atoms with Crippen molar-refractivity contribution >= 4 is 6.09 Å². The zero-order valence-electron chi connectivity index (χ0n) is 13.6. The lowest BCUT2D eigenvalue weighted by Gasteiger charge is -2.21. The number of aliphatic hydroxyl groups excluding tert-OH is 1. The third kappa shape index (κ3) is 5.79. The van der Waals surface area contributed by atoms with Crippen molar-refractivity contribution in [1.82, 2.24) is 15.5 Å². The number of nitrogens with zero attached hydrogens (tertiary/aromatic N) is 2. The summed E-state index contributed by atoms with van der Waals surface area (Å²) < 4.78 is 34.4. The molecule has 2 atom stereocenters. The van der Waals surface area contributed by atoms with Crippen molar-refractivity contribution in [2.45, 2.75) is 32.4 Å². The molecule has 2 aromatic rings. The number of benzene rings is 1. The van der Waals surface area contributed by atoms with Crippen molar-refractivity contribution in [3.05, 3.63) is 47.6 Å². The Hall–Kier alpha value is -2.55. The highest BCUT2D eigenvalue weighted by Gasteiger charge is 2.23. The predicted molar refractivity (Wildman–Crippen MR) is 82.8 cm³/mol. The standard InChI is InChI=1S/C16H19F2N3O4/c1-10(7-13-20-15(14(17)18)25-21-13)12(8-22)19-16(23)24-9-11-5-3-2-4-6-11/h2-6,10,12,14,22H,7-9H2,1H3,(H,19,23). The molecule has 0 aliphatic heterocycles. The summed E-state index contributed by atoms with van der Waals surface area (Å²) in [4.78, 5) is 15.4. The van der Waals surface area contributed by atoms with E-state index in [1.54, 1.807) is 6.92 Å². The minimum absolute atomic E-state index is 0.0840. The molecule has 0 spiro atoms. The highest BCUT2D eigenvalue weighted by molar-refractivity contribution is 5.67. The summed E-state index contributed by atoms with van der Waals surface area (Å²) in [6, 6.07) is 8.50. The van der Waals surface area contributed by atoms with Crippen LogP contribution in [0.25, 0.3) is 0 Å². The monoisotopic (exact) mass is 355 g/mol. The zero-order chi connectivity index (χ0) is 18.2. The van der Waals surface area contributed by atoms with Crippen LogP contribution < -0.4 is 5.32 Å². The maximum Gasteiger partial charge on any atom is 0.407 e. The van der Waals surface area contributed by atoms with Gasteiger partial charge in [-0.25, -0.2) is 4.79 Å². The molecule has 0 saturated carbocycles. The Bertz CT molecular complexity index is 666. The molecule has 136 valence electrons. The van der Waals surface area contributed by atoms with E-state index in [9.17, 15) is 18.7 Å². The number of ether oxygens (including phenoxy) is 1. The summed E-state index contributed by atoms with van der Waals surface area (Å²) in [6.07, 6.45) is -3.37. The number of amides is 1. The minimum atomic E-state index is -2.84. The summed E-state index contributed by atoms with van der Waals surface area (Å²) in [5.74, 6) is -0.990. The van der Waals surface area contributed by atoms with Crippen LogP contribution in [0.15, 0.2) is 34.9 Å². The lowest BCUT2D eigenvalue weighted by Crippen LogP contribution is -2.43. The second kappa shape index (κ2) is 9.07. The molecule has 0 aliphatic carbocycles. The fourth-order valence-electron chi connectivity index (χ4n) is 2.15. The molecule has 0 radical (unpaired) electrons. The first-order valence-corrected chi connectivity index (χ1v) is 7.68. The zero-order valence-corrected chi connectivity index (χ0v) is 13.6. The van der Waals surface area contributed by atoms with Crippen LogP contribution in [-0.4, -0.2) is 34.0 Å². The van der Waals surface area contributed by atoms with Gasteiger partial charge in [0.2, 0.25) is 0 Å². The summed E-state index contributed by atoms with van der Waals surface area (Å²) in [5.41, 5.74) is 0.831. The smallest absolute Gasteiger partial charge is 0.407 e. The van der Waals surface area contributed by atoms with Crippen LogP contribution in [0.2, 0.25) is 0 Å². The number of hydrogen-bond acceptors (Lipinski definition) is 6. The number of alkyl carbamates (subject to hydrolysis) is 1. The van der Waals surface area contributed by atoms with Gasteiger partial charge in [0.1, 0.15) is 6.61 Å². The number of alkyl halides is 2. The highest BCUT2D eigenvalue weighted by atomic mass is 19.3. The predicted octanol–water partition coefficient (Wildman–Crippen LogP) is 2.47. The van der Waals surface area contributed by atoms with Gasteiger partial charge in [-0.05, 0) is 11.5 Å². The Morgan fingerprint density at radius 2 is 2.08 bits per heavy atom. The van der Waals surface area contributed by atoms with Crippen LogP contribution in [0, 0.1) is 5.92 Å². The van der Waals surface area contributed by atoms with E-state index < -0.39 is 24.5 Å². The first-order chi connectivity index (χ1) is 12.0. The molecule has 0 aliphatic rings. The molecular formula is C16H19F2N3O4. The maximum atomic E-state index is 12.4. The average molecular weight is 355 g/mol. The molecule has 2 unspecified atom stereocenters. The molecule has 7 nitrogen and oxygen atoms in total. The van der Waals surface area contributed by atoms with E-state index in [0.717, 1.165) is 5.56 Å². The molecule has 1 aromatic heterocycles. The van der Waals surface area contributed by atoms with Crippen molar-refractivity contribution in [3.63, 3.8) is 0 Å². The molecule has 9 heteroatoms. The molecule has 1 aromatic carbocycles. The SMILES string of the molecule is CC(Cc1noc(C(F)F)n1)C(CO)NC(=O)OCc1ccccc1. The van der Waals surface area contributed by atoms with Gasteiger partial charge in [-0.15, -0.1) is 0 Å². The maximum absolute atomic E-state index is 12.4. The normalized spacial score (nSPS) is 13.5. The molecular weight excluding hydrogens is 336 g/mol. The molecule has 1 heterocycles. The van der Waals surface area contributed by atoms with Crippen molar-refractivity contribution in [1.29, 1.82) is 0 Å². The van der Waals surface area contributed by atoms with E-state index >= 15 is 0 Å². The highest BCUT2D eigenvalue weighted by Crippen LogP contribution is 2.17. The lowest BCUT2D eigenvalue weighted by atomic mass is 9.99. The van der Waals surface area contributed by atoms with Crippen LogP contribution >= 0.6 is 0 Å². The van der Waals surface area contributed by atoms with Gasteiger partial charge >= 0.3 is 12.5 Å². The first kappa shape index (κ1) is 18.8. The van der Waals surface area contributed by atoms with Crippen LogP contribution in [0.5, 0.6) is 0 Å². The Kier molecular flexibility index (Phi) is 6.81. The van der Waals surface area contributed by atoms with Gasteiger partial charge in [-0.1, -0.05) is 42.4 Å². The Morgan fingerprint density at radius 1 is 1.36 bits per heavy atom. The van der Waals surface area contributed by atoms with Crippen molar-refractivity contribution in [2.75, 3.05) is 6.61 Å². The number of halogens is 2. The number of hydrogen-bond donors (Lipinski definition) is 2. The van der Waals surface area contributed by atoms with Crippen molar-refractivity contribution < 1.29 is 27.9 Å². The van der Waals surface area contributed by atoms with Gasteiger partial charge in [0.25, 0.3) is 5.89 Å². The fourth-order valence-corrected chi connectivity index (χ4v) is 2.15. The topological polar surface area (TPSA) is 97.5 Å². The number of carbonyl (C=O) groups is 1. The van der Waals surface area contributed by atoms with Crippen LogP contribution in [0.3, 0.4) is 0 Å². The molecule has 2 rings (SSSR count). The van der Waals surface area contributed by atoms with E-state index in [1.165, 1.54) is 0 Å². The number of rotatable bonds is 8. The Balaban J connectivity index is 1.83. The fraction of sp³-hybridized carbons (Fsp3) is 0.438. The first-order valence-electron chi connectivity index (χ1n) is 7.68. The van der Waals surface area contributed by atoms with Crippen LogP contribution in [0.4, 0.5) is 13.6 Å². The molecule has 25 heavy (non-hydrogen) atoms.